The number of imide groups is 1. The second kappa shape index (κ2) is 4.94. The molecule has 0 aromatic carbocycles. The molecule has 3 amide bonds. The molecular weight excluding hydrogens is 262 g/mol. The first-order chi connectivity index (χ1) is 9.16. The van der Waals surface area contributed by atoms with Crippen molar-refractivity contribution < 1.29 is 9.59 Å². The zero-order valence-corrected chi connectivity index (χ0v) is 11.7. The van der Waals surface area contributed by atoms with E-state index in [2.05, 4.69) is 28.6 Å². The number of thiophene rings is 1. The molecule has 102 valence electrons. The summed E-state index contributed by atoms with van der Waals surface area (Å²) in [5.41, 5.74) is 1.33. The molecule has 0 aliphatic carbocycles. The highest BCUT2D eigenvalue weighted by molar-refractivity contribution is 7.10. The van der Waals surface area contributed by atoms with E-state index in [4.69, 9.17) is 0 Å². The lowest BCUT2D eigenvalue weighted by atomic mass is 10.0. The molecule has 1 atom stereocenters. The number of fused-ring (bicyclic) bond motifs is 1. The Balaban J connectivity index is 1.74. The zero-order chi connectivity index (χ0) is 13.4. The third-order valence-corrected chi connectivity index (χ3v) is 4.88. The van der Waals surface area contributed by atoms with Crippen molar-refractivity contribution in [2.75, 3.05) is 19.8 Å². The van der Waals surface area contributed by atoms with E-state index in [1.807, 2.05) is 0 Å². The molecule has 0 spiro atoms. The standard InChI is InChI=1S/C13H17N3O2S/c1-9-10-4-7-19-11(10)3-6-15(9)8-16-12(17)2-5-14-13(16)18/h4,7,9H,2-3,5-6,8H2,1H3,(H,14,18)/t9-/m1/s1. The van der Waals surface area contributed by atoms with E-state index >= 15 is 0 Å². The van der Waals surface area contributed by atoms with Gasteiger partial charge in [-0.1, -0.05) is 0 Å². The van der Waals surface area contributed by atoms with Gasteiger partial charge in [0.15, 0.2) is 0 Å². The number of carbonyl (C=O) groups is 2. The fourth-order valence-electron chi connectivity index (χ4n) is 2.70. The molecule has 19 heavy (non-hydrogen) atoms. The van der Waals surface area contributed by atoms with Crippen molar-refractivity contribution in [3.8, 4) is 0 Å². The first kappa shape index (κ1) is 12.6. The fraction of sp³-hybridized carbons (Fsp3) is 0.538. The minimum absolute atomic E-state index is 0.0768. The van der Waals surface area contributed by atoms with Crippen molar-refractivity contribution in [2.24, 2.45) is 0 Å². The molecule has 5 nitrogen and oxygen atoms in total. The van der Waals surface area contributed by atoms with Crippen LogP contribution in [0.3, 0.4) is 0 Å². The summed E-state index contributed by atoms with van der Waals surface area (Å²) in [5, 5.41) is 4.84. The maximum absolute atomic E-state index is 11.8. The Morgan fingerprint density at radius 3 is 3.05 bits per heavy atom. The molecule has 0 bridgehead atoms. The molecule has 1 aromatic rings. The second-order valence-electron chi connectivity index (χ2n) is 4.98. The van der Waals surface area contributed by atoms with Crippen molar-refractivity contribution in [3.05, 3.63) is 21.9 Å². The lowest BCUT2D eigenvalue weighted by molar-refractivity contribution is -0.131. The van der Waals surface area contributed by atoms with Crippen LogP contribution in [0.4, 0.5) is 4.79 Å². The maximum atomic E-state index is 11.8. The molecule has 2 aliphatic heterocycles. The van der Waals surface area contributed by atoms with Gasteiger partial charge in [-0.25, -0.2) is 4.79 Å². The van der Waals surface area contributed by atoms with Gasteiger partial charge >= 0.3 is 6.03 Å². The van der Waals surface area contributed by atoms with Gasteiger partial charge in [0, 0.05) is 30.4 Å². The van der Waals surface area contributed by atoms with Crippen LogP contribution < -0.4 is 5.32 Å². The number of nitrogens with zero attached hydrogens (tertiary/aromatic N) is 2. The van der Waals surface area contributed by atoms with Gasteiger partial charge in [0.25, 0.3) is 0 Å². The summed E-state index contributed by atoms with van der Waals surface area (Å²) >= 11 is 1.79. The summed E-state index contributed by atoms with van der Waals surface area (Å²) in [7, 11) is 0. The molecule has 1 fully saturated rings. The van der Waals surface area contributed by atoms with E-state index < -0.39 is 0 Å². The van der Waals surface area contributed by atoms with E-state index in [1.165, 1.54) is 15.3 Å². The Morgan fingerprint density at radius 2 is 2.26 bits per heavy atom. The van der Waals surface area contributed by atoms with Crippen LogP contribution in [0, 0.1) is 0 Å². The molecule has 6 heteroatoms. The van der Waals surface area contributed by atoms with E-state index in [0.29, 0.717) is 19.6 Å². The predicted molar refractivity (Wildman–Crippen MR) is 72.9 cm³/mol. The number of urea groups is 1. The molecule has 3 heterocycles. The van der Waals surface area contributed by atoms with Gasteiger partial charge in [-0.05, 0) is 30.4 Å². The van der Waals surface area contributed by atoms with Crippen molar-refractivity contribution in [3.63, 3.8) is 0 Å². The summed E-state index contributed by atoms with van der Waals surface area (Å²) in [6.45, 7) is 3.88. The van der Waals surface area contributed by atoms with Crippen LogP contribution in [-0.2, 0) is 11.2 Å². The normalized spacial score (nSPS) is 24.3. The minimum Gasteiger partial charge on any atom is -0.337 e. The molecular formula is C13H17N3O2S. The third-order valence-electron chi connectivity index (χ3n) is 3.89. The van der Waals surface area contributed by atoms with Gasteiger partial charge in [0.2, 0.25) is 5.91 Å². The van der Waals surface area contributed by atoms with Gasteiger partial charge in [-0.3, -0.25) is 14.6 Å². The summed E-state index contributed by atoms with van der Waals surface area (Å²) in [6.07, 6.45) is 1.40. The van der Waals surface area contributed by atoms with Gasteiger partial charge in [0.05, 0.1) is 6.67 Å². The Morgan fingerprint density at radius 1 is 1.42 bits per heavy atom. The third kappa shape index (κ3) is 2.26. The predicted octanol–water partition coefficient (Wildman–Crippen LogP) is 1.57. The average Bonchev–Trinajstić information content (AvgIpc) is 2.85. The Labute approximate surface area is 116 Å². The molecule has 0 radical (unpaired) electrons. The molecule has 1 N–H and O–H groups in total. The lowest BCUT2D eigenvalue weighted by Gasteiger charge is -2.37. The van der Waals surface area contributed by atoms with Gasteiger partial charge in [0.1, 0.15) is 0 Å². The quantitative estimate of drug-likeness (QED) is 0.894. The van der Waals surface area contributed by atoms with Crippen LogP contribution >= 0.6 is 11.3 Å². The van der Waals surface area contributed by atoms with Gasteiger partial charge < -0.3 is 5.32 Å². The van der Waals surface area contributed by atoms with E-state index in [1.54, 1.807) is 11.3 Å². The van der Waals surface area contributed by atoms with Crippen LogP contribution in [0.2, 0.25) is 0 Å². The number of nitrogens with one attached hydrogen (secondary N) is 1. The number of hydrogen-bond acceptors (Lipinski definition) is 4. The average molecular weight is 279 g/mol. The van der Waals surface area contributed by atoms with Crippen molar-refractivity contribution in [1.82, 2.24) is 15.1 Å². The maximum Gasteiger partial charge on any atom is 0.325 e. The second-order valence-corrected chi connectivity index (χ2v) is 5.98. The molecule has 1 saturated heterocycles. The van der Waals surface area contributed by atoms with Crippen LogP contribution in [0.25, 0.3) is 0 Å². The molecule has 0 unspecified atom stereocenters. The lowest BCUT2D eigenvalue weighted by Crippen LogP contribution is -2.54. The van der Waals surface area contributed by atoms with Gasteiger partial charge in [-0.2, -0.15) is 0 Å². The number of rotatable bonds is 2. The largest absolute Gasteiger partial charge is 0.337 e. The fourth-order valence-corrected chi connectivity index (χ4v) is 3.66. The smallest absolute Gasteiger partial charge is 0.325 e. The van der Waals surface area contributed by atoms with Crippen LogP contribution in [0.1, 0.15) is 29.8 Å². The number of amides is 3. The highest BCUT2D eigenvalue weighted by atomic mass is 32.1. The van der Waals surface area contributed by atoms with Gasteiger partial charge in [-0.15, -0.1) is 11.3 Å². The summed E-state index contributed by atoms with van der Waals surface area (Å²) in [5.74, 6) is -0.0768. The monoisotopic (exact) mass is 279 g/mol. The van der Waals surface area contributed by atoms with Crippen molar-refractivity contribution >= 4 is 23.3 Å². The van der Waals surface area contributed by atoms with Crippen molar-refractivity contribution in [1.29, 1.82) is 0 Å². The number of carbonyl (C=O) groups excluding carboxylic acids is 2. The van der Waals surface area contributed by atoms with E-state index in [-0.39, 0.29) is 18.0 Å². The Bertz CT molecular complexity index is 498. The SMILES string of the molecule is C[C@@H]1c2ccsc2CCN1CN1C(=O)CCNC1=O. The summed E-state index contributed by atoms with van der Waals surface area (Å²) < 4.78 is 0. The molecule has 1 aromatic heterocycles. The summed E-state index contributed by atoms with van der Waals surface area (Å²) in [6, 6.07) is 2.15. The van der Waals surface area contributed by atoms with E-state index in [0.717, 1.165) is 13.0 Å². The van der Waals surface area contributed by atoms with Crippen LogP contribution in [-0.4, -0.2) is 41.5 Å². The highest BCUT2D eigenvalue weighted by Crippen LogP contribution is 2.32. The molecule has 0 saturated carbocycles. The zero-order valence-electron chi connectivity index (χ0n) is 10.9. The first-order valence-electron chi connectivity index (χ1n) is 6.55. The Kier molecular flexibility index (Phi) is 3.28. The first-order valence-corrected chi connectivity index (χ1v) is 7.43. The number of hydrogen-bond donors (Lipinski definition) is 1. The topological polar surface area (TPSA) is 52.6 Å². The molecule has 3 rings (SSSR count). The van der Waals surface area contributed by atoms with E-state index in [9.17, 15) is 9.59 Å². The summed E-state index contributed by atoms with van der Waals surface area (Å²) in [4.78, 5) is 28.5. The van der Waals surface area contributed by atoms with Crippen LogP contribution in [0.15, 0.2) is 11.4 Å². The highest BCUT2D eigenvalue weighted by Gasteiger charge is 2.31. The van der Waals surface area contributed by atoms with Crippen LogP contribution in [0.5, 0.6) is 0 Å². The Hall–Kier alpha value is -1.40. The van der Waals surface area contributed by atoms with Crippen molar-refractivity contribution in [2.45, 2.75) is 25.8 Å². The minimum atomic E-state index is -0.264. The molecule has 2 aliphatic rings.